The molecule has 1 aromatic rings. The number of aromatic hydroxyl groups is 1. The number of carbonyl (C=O) groups excluding carboxylic acids is 1. The summed E-state index contributed by atoms with van der Waals surface area (Å²) in [6, 6.07) is 8.31. The van der Waals surface area contributed by atoms with Gasteiger partial charge in [0.15, 0.2) is 0 Å². The number of phenolic OH excluding ortho intramolecular Hbond substituents is 1. The first-order chi connectivity index (χ1) is 12.1. The summed E-state index contributed by atoms with van der Waals surface area (Å²) in [6.45, 7) is 5.23. The molecule has 0 radical (unpaired) electrons. The molecule has 3 unspecified atom stereocenters. The lowest BCUT2D eigenvalue weighted by molar-refractivity contribution is -0.141. The van der Waals surface area contributed by atoms with E-state index in [1.807, 2.05) is 17.0 Å². The van der Waals surface area contributed by atoms with Crippen LogP contribution in [0.15, 0.2) is 24.3 Å². The molecule has 136 valence electrons. The van der Waals surface area contributed by atoms with Gasteiger partial charge in [-0.05, 0) is 50.4 Å². The van der Waals surface area contributed by atoms with E-state index in [2.05, 4.69) is 22.7 Å². The Morgan fingerprint density at radius 1 is 1.16 bits per heavy atom. The zero-order valence-corrected chi connectivity index (χ0v) is 14.8. The van der Waals surface area contributed by atoms with E-state index in [1.54, 1.807) is 12.1 Å². The minimum absolute atomic E-state index is 0.105. The number of hydrazine groups is 1. The van der Waals surface area contributed by atoms with Crippen LogP contribution in [0, 0.1) is 0 Å². The number of amides is 1. The zero-order valence-electron chi connectivity index (χ0n) is 14.8. The fourth-order valence-electron chi connectivity index (χ4n) is 4.37. The molecule has 6 nitrogen and oxygen atoms in total. The van der Waals surface area contributed by atoms with Crippen LogP contribution in [0.5, 0.6) is 5.75 Å². The van der Waals surface area contributed by atoms with Crippen LogP contribution < -0.4 is 10.9 Å². The van der Waals surface area contributed by atoms with Crippen LogP contribution in [0.4, 0.5) is 0 Å². The van der Waals surface area contributed by atoms with Crippen molar-refractivity contribution in [3.8, 4) is 5.75 Å². The van der Waals surface area contributed by atoms with E-state index in [9.17, 15) is 9.90 Å². The third-order valence-corrected chi connectivity index (χ3v) is 5.99. The summed E-state index contributed by atoms with van der Waals surface area (Å²) in [5.74, 6) is 0.468. The maximum absolute atomic E-state index is 12.7. The van der Waals surface area contributed by atoms with E-state index in [4.69, 9.17) is 0 Å². The van der Waals surface area contributed by atoms with Crippen molar-refractivity contribution < 1.29 is 9.90 Å². The molecule has 0 aliphatic carbocycles. The van der Waals surface area contributed by atoms with Crippen LogP contribution in [-0.2, 0) is 4.79 Å². The number of rotatable bonds is 3. The van der Waals surface area contributed by atoms with Crippen molar-refractivity contribution in [1.82, 2.24) is 20.7 Å². The van der Waals surface area contributed by atoms with E-state index in [-0.39, 0.29) is 23.7 Å². The molecule has 0 aromatic heterocycles. The first-order valence-corrected chi connectivity index (χ1v) is 9.46. The Bertz CT molecular complexity index is 614. The fourth-order valence-corrected chi connectivity index (χ4v) is 4.37. The zero-order chi connectivity index (χ0) is 17.4. The van der Waals surface area contributed by atoms with Gasteiger partial charge in [-0.1, -0.05) is 18.6 Å². The van der Waals surface area contributed by atoms with Gasteiger partial charge < -0.3 is 10.0 Å². The Balaban J connectivity index is 1.29. The number of benzene rings is 1. The van der Waals surface area contributed by atoms with Gasteiger partial charge >= 0.3 is 0 Å². The molecule has 1 amide bonds. The van der Waals surface area contributed by atoms with Gasteiger partial charge in [-0.25, -0.2) is 10.9 Å². The van der Waals surface area contributed by atoms with Crippen LogP contribution in [0.2, 0.25) is 0 Å². The summed E-state index contributed by atoms with van der Waals surface area (Å²) >= 11 is 0. The maximum Gasteiger partial charge on any atom is 0.241 e. The third-order valence-electron chi connectivity index (χ3n) is 5.99. The third kappa shape index (κ3) is 3.38. The number of nitrogens with one attached hydrogen (secondary N) is 2. The molecular weight excluding hydrogens is 316 g/mol. The quantitative estimate of drug-likeness (QED) is 0.773. The average molecular weight is 344 g/mol. The van der Waals surface area contributed by atoms with Gasteiger partial charge in [0.05, 0.1) is 0 Å². The maximum atomic E-state index is 12.7. The monoisotopic (exact) mass is 344 g/mol. The average Bonchev–Trinajstić information content (AvgIpc) is 3.06. The molecule has 3 saturated heterocycles. The summed E-state index contributed by atoms with van der Waals surface area (Å²) in [4.78, 5) is 17.3. The highest BCUT2D eigenvalue weighted by Crippen LogP contribution is 2.28. The second-order valence-electron chi connectivity index (χ2n) is 7.70. The summed E-state index contributed by atoms with van der Waals surface area (Å²) < 4.78 is 0. The smallest absolute Gasteiger partial charge is 0.241 e. The Kier molecular flexibility index (Phi) is 4.67. The number of likely N-dealkylation sites (tertiary alicyclic amines) is 2. The number of carbonyl (C=O) groups is 1. The van der Waals surface area contributed by atoms with Crippen molar-refractivity contribution in [2.45, 2.75) is 56.8 Å². The lowest BCUT2D eigenvalue weighted by Crippen LogP contribution is -2.65. The predicted molar refractivity (Wildman–Crippen MR) is 95.9 cm³/mol. The van der Waals surface area contributed by atoms with Crippen LogP contribution in [-0.4, -0.2) is 58.6 Å². The van der Waals surface area contributed by atoms with E-state index in [0.717, 1.165) is 25.1 Å². The van der Waals surface area contributed by atoms with E-state index < -0.39 is 0 Å². The molecule has 3 N–H and O–H groups in total. The van der Waals surface area contributed by atoms with Gasteiger partial charge in [-0.2, -0.15) is 0 Å². The highest BCUT2D eigenvalue weighted by atomic mass is 16.3. The number of hydrogen-bond donors (Lipinski definition) is 3. The van der Waals surface area contributed by atoms with E-state index >= 15 is 0 Å². The second kappa shape index (κ2) is 6.94. The highest BCUT2D eigenvalue weighted by molar-refractivity contribution is 5.83. The number of piperidine rings is 1. The Morgan fingerprint density at radius 3 is 2.64 bits per heavy atom. The number of phenols is 1. The second-order valence-corrected chi connectivity index (χ2v) is 7.70. The van der Waals surface area contributed by atoms with Crippen molar-refractivity contribution in [1.29, 1.82) is 0 Å². The summed E-state index contributed by atoms with van der Waals surface area (Å²) in [5.41, 5.74) is 7.46. The molecule has 3 aliphatic heterocycles. The van der Waals surface area contributed by atoms with Gasteiger partial charge in [0.25, 0.3) is 0 Å². The SMILES string of the molecule is CC1CCCCN1C1CN(C(=O)C2CC(c3ccc(O)cc3)NN2)C1. The molecule has 0 bridgehead atoms. The minimum atomic E-state index is -0.168. The summed E-state index contributed by atoms with van der Waals surface area (Å²) in [7, 11) is 0. The predicted octanol–water partition coefficient (Wildman–Crippen LogP) is 1.39. The van der Waals surface area contributed by atoms with E-state index in [1.165, 1.54) is 25.8 Å². The van der Waals surface area contributed by atoms with Gasteiger partial charge in [-0.3, -0.25) is 9.69 Å². The Hall–Kier alpha value is -1.63. The van der Waals surface area contributed by atoms with Crippen LogP contribution in [0.1, 0.15) is 44.2 Å². The topological polar surface area (TPSA) is 67.8 Å². The molecule has 4 rings (SSSR count). The normalized spacial score (nSPS) is 31.1. The molecular formula is C19H28N4O2. The standard InChI is InChI=1S/C19H28N4O2/c1-13-4-2-3-9-23(13)15-11-22(12-15)19(25)18-10-17(20-21-18)14-5-7-16(24)8-6-14/h5-8,13,15,17-18,20-21,24H,2-4,9-12H2,1H3. The van der Waals surface area contributed by atoms with Crippen molar-refractivity contribution in [2.75, 3.05) is 19.6 Å². The van der Waals surface area contributed by atoms with Crippen LogP contribution in [0.25, 0.3) is 0 Å². The molecule has 6 heteroatoms. The van der Waals surface area contributed by atoms with Gasteiger partial charge in [0.2, 0.25) is 5.91 Å². The fraction of sp³-hybridized carbons (Fsp3) is 0.632. The molecule has 3 atom stereocenters. The van der Waals surface area contributed by atoms with Crippen molar-refractivity contribution >= 4 is 5.91 Å². The largest absolute Gasteiger partial charge is 0.508 e. The summed E-state index contributed by atoms with van der Waals surface area (Å²) in [6.07, 6.45) is 4.65. The van der Waals surface area contributed by atoms with Crippen molar-refractivity contribution in [2.24, 2.45) is 0 Å². The van der Waals surface area contributed by atoms with Gasteiger partial charge in [0.1, 0.15) is 11.8 Å². The van der Waals surface area contributed by atoms with Gasteiger partial charge in [-0.15, -0.1) is 0 Å². The first-order valence-electron chi connectivity index (χ1n) is 9.46. The van der Waals surface area contributed by atoms with Crippen LogP contribution in [0.3, 0.4) is 0 Å². The molecule has 0 spiro atoms. The molecule has 3 aliphatic rings. The lowest BCUT2D eigenvalue weighted by Gasteiger charge is -2.49. The van der Waals surface area contributed by atoms with E-state index in [0.29, 0.717) is 12.1 Å². The molecule has 25 heavy (non-hydrogen) atoms. The molecule has 1 aromatic carbocycles. The van der Waals surface area contributed by atoms with Crippen molar-refractivity contribution in [3.63, 3.8) is 0 Å². The molecule has 3 fully saturated rings. The van der Waals surface area contributed by atoms with Crippen molar-refractivity contribution in [3.05, 3.63) is 29.8 Å². The van der Waals surface area contributed by atoms with Gasteiger partial charge in [0, 0.05) is 31.2 Å². The molecule has 3 heterocycles. The Morgan fingerprint density at radius 2 is 1.92 bits per heavy atom. The minimum Gasteiger partial charge on any atom is -0.508 e. The number of nitrogens with zero attached hydrogens (tertiary/aromatic N) is 2. The molecule has 0 saturated carbocycles. The lowest BCUT2D eigenvalue weighted by atomic mass is 9.96. The van der Waals surface area contributed by atoms with Crippen LogP contribution >= 0.6 is 0 Å². The summed E-state index contributed by atoms with van der Waals surface area (Å²) in [5, 5.41) is 9.40. The number of hydrogen-bond acceptors (Lipinski definition) is 5. The first kappa shape index (κ1) is 16.8. The Labute approximate surface area is 149 Å². The highest BCUT2D eigenvalue weighted by Gasteiger charge is 2.41.